The van der Waals surface area contributed by atoms with Crippen molar-refractivity contribution in [1.82, 2.24) is 4.72 Å². The third kappa shape index (κ3) is 3.09. The van der Waals surface area contributed by atoms with Crippen LogP contribution in [0.25, 0.3) is 0 Å². The molecule has 1 aliphatic rings. The molecule has 18 heavy (non-hydrogen) atoms. The van der Waals surface area contributed by atoms with Gasteiger partial charge in [-0.2, -0.15) is 0 Å². The van der Waals surface area contributed by atoms with E-state index in [1.54, 1.807) is 0 Å². The lowest BCUT2D eigenvalue weighted by atomic mass is 10.3. The molecule has 2 heterocycles. The molecular weight excluding hydrogens is 298 g/mol. The Labute approximate surface area is 110 Å². The second kappa shape index (κ2) is 4.89. The first-order chi connectivity index (χ1) is 8.32. The van der Waals surface area contributed by atoms with Crippen LogP contribution in [0, 0.1) is 0 Å². The van der Waals surface area contributed by atoms with Gasteiger partial charge in [-0.3, -0.25) is 0 Å². The Hall–Kier alpha value is -0.480. The standard InChI is InChI=1S/C9H13NO5S3/c11-5-8-1-2-9(16-8)18(14,15)10-7-3-4-17(12,13)6-7/h1-2,7,10-11H,3-6H2. The number of hydrogen-bond donors (Lipinski definition) is 2. The summed E-state index contributed by atoms with van der Waals surface area (Å²) in [6.45, 7) is -0.210. The number of thiophene rings is 1. The van der Waals surface area contributed by atoms with E-state index in [0.717, 1.165) is 11.3 Å². The predicted molar refractivity (Wildman–Crippen MR) is 67.6 cm³/mol. The molecule has 1 atom stereocenters. The van der Waals surface area contributed by atoms with Crippen molar-refractivity contribution < 1.29 is 21.9 Å². The van der Waals surface area contributed by atoms with E-state index in [2.05, 4.69) is 4.72 Å². The van der Waals surface area contributed by atoms with Crippen molar-refractivity contribution in [3.05, 3.63) is 17.0 Å². The maximum Gasteiger partial charge on any atom is 0.250 e. The molecule has 0 amide bonds. The molecular formula is C9H13NO5S3. The van der Waals surface area contributed by atoms with Gasteiger partial charge in [0.25, 0.3) is 0 Å². The lowest BCUT2D eigenvalue weighted by Gasteiger charge is -2.09. The first-order valence-electron chi connectivity index (χ1n) is 5.25. The van der Waals surface area contributed by atoms with Crippen molar-refractivity contribution in [2.45, 2.75) is 23.3 Å². The number of rotatable bonds is 4. The Morgan fingerprint density at radius 2 is 2.17 bits per heavy atom. The zero-order valence-corrected chi connectivity index (χ0v) is 11.8. The molecule has 2 rings (SSSR count). The highest BCUT2D eigenvalue weighted by Crippen LogP contribution is 2.23. The summed E-state index contributed by atoms with van der Waals surface area (Å²) < 4.78 is 48.9. The number of aliphatic hydroxyl groups excluding tert-OH is 1. The van der Waals surface area contributed by atoms with Crippen LogP contribution in [0.15, 0.2) is 16.3 Å². The van der Waals surface area contributed by atoms with E-state index in [-0.39, 0.29) is 22.3 Å². The quantitative estimate of drug-likeness (QED) is 0.795. The normalized spacial score (nSPS) is 23.3. The highest BCUT2D eigenvalue weighted by atomic mass is 32.2. The van der Waals surface area contributed by atoms with Crippen LogP contribution >= 0.6 is 11.3 Å². The minimum absolute atomic E-state index is 0.0204. The molecule has 1 fully saturated rings. The van der Waals surface area contributed by atoms with E-state index in [0.29, 0.717) is 11.3 Å². The lowest BCUT2D eigenvalue weighted by Crippen LogP contribution is -2.35. The van der Waals surface area contributed by atoms with Crippen molar-refractivity contribution >= 4 is 31.2 Å². The summed E-state index contributed by atoms with van der Waals surface area (Å²) in [5, 5.41) is 8.89. The molecule has 0 aliphatic carbocycles. The predicted octanol–water partition coefficient (Wildman–Crippen LogP) is -0.294. The molecule has 1 aromatic heterocycles. The van der Waals surface area contributed by atoms with E-state index < -0.39 is 25.9 Å². The second-order valence-corrected chi connectivity index (χ2v) is 9.44. The average Bonchev–Trinajstić information content (AvgIpc) is 2.84. The van der Waals surface area contributed by atoms with E-state index in [4.69, 9.17) is 5.11 Å². The molecule has 6 nitrogen and oxygen atoms in total. The number of hydrogen-bond acceptors (Lipinski definition) is 6. The van der Waals surface area contributed by atoms with Gasteiger partial charge in [0, 0.05) is 10.9 Å². The summed E-state index contributed by atoms with van der Waals surface area (Å²) in [4.78, 5) is 0.550. The third-order valence-electron chi connectivity index (χ3n) is 2.61. The van der Waals surface area contributed by atoms with Gasteiger partial charge in [0.05, 0.1) is 18.1 Å². The Balaban J connectivity index is 2.13. The summed E-state index contributed by atoms with van der Waals surface area (Å²) in [6, 6.07) is 2.38. The van der Waals surface area contributed by atoms with E-state index in [1.807, 2.05) is 0 Å². The third-order valence-corrected chi connectivity index (χ3v) is 7.46. The van der Waals surface area contributed by atoms with E-state index in [1.165, 1.54) is 12.1 Å². The van der Waals surface area contributed by atoms with Crippen LogP contribution in [-0.4, -0.2) is 39.5 Å². The second-order valence-electron chi connectivity index (χ2n) is 4.10. The monoisotopic (exact) mass is 311 g/mol. The van der Waals surface area contributed by atoms with Crippen molar-refractivity contribution in [2.75, 3.05) is 11.5 Å². The molecule has 0 radical (unpaired) electrons. The largest absolute Gasteiger partial charge is 0.391 e. The minimum Gasteiger partial charge on any atom is -0.391 e. The van der Waals surface area contributed by atoms with Gasteiger partial charge in [0.2, 0.25) is 10.0 Å². The molecule has 0 aromatic carbocycles. The number of aliphatic hydroxyl groups is 1. The number of nitrogens with one attached hydrogen (secondary N) is 1. The molecule has 1 saturated heterocycles. The van der Waals surface area contributed by atoms with Gasteiger partial charge in [-0.1, -0.05) is 0 Å². The minimum atomic E-state index is -3.69. The first-order valence-corrected chi connectivity index (χ1v) is 9.37. The van der Waals surface area contributed by atoms with Crippen LogP contribution in [0.5, 0.6) is 0 Å². The molecule has 102 valence electrons. The van der Waals surface area contributed by atoms with E-state index >= 15 is 0 Å². The van der Waals surface area contributed by atoms with Crippen LogP contribution in [-0.2, 0) is 26.5 Å². The summed E-state index contributed by atoms with van der Waals surface area (Å²) in [6.07, 6.45) is 0.305. The van der Waals surface area contributed by atoms with Gasteiger partial charge in [-0.25, -0.2) is 21.6 Å². The van der Waals surface area contributed by atoms with Crippen LogP contribution in [0.1, 0.15) is 11.3 Å². The van der Waals surface area contributed by atoms with Crippen molar-refractivity contribution in [3.8, 4) is 0 Å². The Morgan fingerprint density at radius 1 is 1.44 bits per heavy atom. The fraction of sp³-hybridized carbons (Fsp3) is 0.556. The highest BCUT2D eigenvalue weighted by Gasteiger charge is 2.31. The fourth-order valence-electron chi connectivity index (χ4n) is 1.75. The van der Waals surface area contributed by atoms with Crippen molar-refractivity contribution in [3.63, 3.8) is 0 Å². The topological polar surface area (TPSA) is 101 Å². The van der Waals surface area contributed by atoms with Gasteiger partial charge in [0.15, 0.2) is 9.84 Å². The number of sulfone groups is 1. The Kier molecular flexibility index (Phi) is 3.79. The average molecular weight is 311 g/mol. The zero-order valence-electron chi connectivity index (χ0n) is 9.37. The molecule has 9 heteroatoms. The van der Waals surface area contributed by atoms with Gasteiger partial charge in [0.1, 0.15) is 4.21 Å². The Morgan fingerprint density at radius 3 is 2.67 bits per heavy atom. The lowest BCUT2D eigenvalue weighted by molar-refractivity contribution is 0.285. The number of sulfonamides is 1. The molecule has 1 aromatic rings. The smallest absolute Gasteiger partial charge is 0.250 e. The maximum absolute atomic E-state index is 12.0. The SMILES string of the molecule is O=S1(=O)CCC(NS(=O)(=O)c2ccc(CO)s2)C1. The Bertz CT molecular complexity index is 631. The van der Waals surface area contributed by atoms with Gasteiger partial charge >= 0.3 is 0 Å². The van der Waals surface area contributed by atoms with Crippen molar-refractivity contribution in [2.24, 2.45) is 0 Å². The molecule has 1 aliphatic heterocycles. The van der Waals surface area contributed by atoms with Gasteiger partial charge < -0.3 is 5.11 Å². The molecule has 0 bridgehead atoms. The van der Waals surface area contributed by atoms with Gasteiger partial charge in [-0.05, 0) is 18.6 Å². The summed E-state index contributed by atoms with van der Waals surface area (Å²) in [5.41, 5.74) is 0. The van der Waals surface area contributed by atoms with Gasteiger partial charge in [-0.15, -0.1) is 11.3 Å². The van der Waals surface area contributed by atoms with Crippen molar-refractivity contribution in [1.29, 1.82) is 0 Å². The highest BCUT2D eigenvalue weighted by molar-refractivity contribution is 7.92. The van der Waals surface area contributed by atoms with Crippen LogP contribution in [0.2, 0.25) is 0 Å². The van der Waals surface area contributed by atoms with Crippen LogP contribution < -0.4 is 4.72 Å². The summed E-state index contributed by atoms with van der Waals surface area (Å²) >= 11 is 0.973. The van der Waals surface area contributed by atoms with Crippen LogP contribution in [0.3, 0.4) is 0 Å². The summed E-state index contributed by atoms with van der Waals surface area (Å²) in [5.74, 6) is -0.128. The maximum atomic E-state index is 12.0. The first kappa shape index (κ1) is 13.9. The molecule has 0 spiro atoms. The fourth-order valence-corrected chi connectivity index (χ4v) is 6.03. The zero-order chi connectivity index (χ0) is 13.4. The summed E-state index contributed by atoms with van der Waals surface area (Å²) in [7, 11) is -6.80. The van der Waals surface area contributed by atoms with E-state index in [9.17, 15) is 16.8 Å². The van der Waals surface area contributed by atoms with Crippen LogP contribution in [0.4, 0.5) is 0 Å². The molecule has 0 saturated carbocycles. The molecule has 1 unspecified atom stereocenters. The molecule has 2 N–H and O–H groups in total.